The summed E-state index contributed by atoms with van der Waals surface area (Å²) in [7, 11) is -1.54. The highest BCUT2D eigenvalue weighted by atomic mass is 19.1. The molecule has 0 bridgehead atoms. The number of aromatic nitrogens is 1. The Morgan fingerprint density at radius 1 is 0.524 bits per heavy atom. The fourth-order valence-electron chi connectivity index (χ4n) is 5.64. The lowest BCUT2D eigenvalue weighted by Gasteiger charge is -2.26. The van der Waals surface area contributed by atoms with Crippen LogP contribution in [0.5, 0.6) is 0 Å². The van der Waals surface area contributed by atoms with Crippen LogP contribution < -0.4 is 10.4 Å². The average molecular weight is 548 g/mol. The predicted octanol–water partition coefficient (Wildman–Crippen LogP) is 7.74. The smallest absolute Gasteiger partial charge is 0.423 e. The molecule has 0 amide bonds. The molecule has 0 fully saturated rings. The first kappa shape index (κ1) is 25.8. The highest BCUT2D eigenvalue weighted by Gasteiger charge is 2.18. The number of halogens is 1. The van der Waals surface area contributed by atoms with E-state index in [0.29, 0.717) is 5.46 Å². The summed E-state index contributed by atoms with van der Waals surface area (Å²) >= 11 is 0. The zero-order valence-electron chi connectivity index (χ0n) is 22.6. The average Bonchev–Trinajstić information content (AvgIpc) is 3.36. The lowest BCUT2D eigenvalue weighted by atomic mass is 9.80. The van der Waals surface area contributed by atoms with Crippen LogP contribution in [0, 0.1) is 5.82 Å². The quantitative estimate of drug-likeness (QED) is 0.209. The van der Waals surface area contributed by atoms with Crippen molar-refractivity contribution in [1.29, 1.82) is 0 Å². The van der Waals surface area contributed by atoms with Gasteiger partial charge in [0.05, 0.1) is 11.0 Å². The number of para-hydroxylation sites is 1. The number of nitrogens with zero attached hydrogens (tertiary/aromatic N) is 2. The summed E-state index contributed by atoms with van der Waals surface area (Å²) < 4.78 is 15.9. The summed E-state index contributed by atoms with van der Waals surface area (Å²) in [5.74, 6) is -0.268. The second-order valence-corrected chi connectivity index (χ2v) is 10.2. The maximum absolute atomic E-state index is 13.8. The third-order valence-corrected chi connectivity index (χ3v) is 7.68. The van der Waals surface area contributed by atoms with Crippen LogP contribution in [0.2, 0.25) is 0 Å². The Morgan fingerprint density at radius 3 is 1.79 bits per heavy atom. The minimum Gasteiger partial charge on any atom is -0.423 e. The Balaban J connectivity index is 1.40. The lowest BCUT2D eigenvalue weighted by Crippen LogP contribution is -2.29. The van der Waals surface area contributed by atoms with E-state index in [1.54, 1.807) is 24.3 Å². The van der Waals surface area contributed by atoms with Crippen LogP contribution in [0.25, 0.3) is 38.6 Å². The van der Waals surface area contributed by atoms with Crippen LogP contribution in [0.3, 0.4) is 0 Å². The van der Waals surface area contributed by atoms with Crippen molar-refractivity contribution >= 4 is 51.4 Å². The molecule has 202 valence electrons. The van der Waals surface area contributed by atoms with Crippen molar-refractivity contribution in [3.8, 4) is 16.8 Å². The Labute approximate surface area is 243 Å². The number of anilines is 3. The van der Waals surface area contributed by atoms with Crippen molar-refractivity contribution in [3.63, 3.8) is 0 Å². The summed E-state index contributed by atoms with van der Waals surface area (Å²) in [6, 6.07) is 47.1. The van der Waals surface area contributed by atoms with Crippen molar-refractivity contribution in [3.05, 3.63) is 151 Å². The van der Waals surface area contributed by atoms with Crippen molar-refractivity contribution in [2.24, 2.45) is 0 Å². The molecule has 0 unspecified atom stereocenters. The fourth-order valence-corrected chi connectivity index (χ4v) is 5.64. The molecule has 0 saturated carbocycles. The molecule has 0 aliphatic rings. The molecule has 7 rings (SSSR count). The van der Waals surface area contributed by atoms with Crippen LogP contribution in [-0.2, 0) is 0 Å². The van der Waals surface area contributed by atoms with Gasteiger partial charge in [0.15, 0.2) is 0 Å². The molecule has 0 aliphatic heterocycles. The molecule has 1 heterocycles. The van der Waals surface area contributed by atoms with E-state index < -0.39 is 7.12 Å². The van der Waals surface area contributed by atoms with E-state index in [2.05, 4.69) is 76.2 Å². The van der Waals surface area contributed by atoms with E-state index in [9.17, 15) is 14.4 Å². The van der Waals surface area contributed by atoms with Crippen molar-refractivity contribution < 1.29 is 14.4 Å². The summed E-state index contributed by atoms with van der Waals surface area (Å²) in [6.45, 7) is 0. The first-order chi connectivity index (χ1) is 20.6. The zero-order valence-corrected chi connectivity index (χ0v) is 22.6. The van der Waals surface area contributed by atoms with Crippen LogP contribution >= 0.6 is 0 Å². The third kappa shape index (κ3) is 4.63. The third-order valence-electron chi connectivity index (χ3n) is 7.68. The molecular formula is C36H26BFN2O2. The van der Waals surface area contributed by atoms with Gasteiger partial charge in [-0.2, -0.15) is 0 Å². The molecule has 2 N–H and O–H groups in total. The second kappa shape index (κ2) is 10.7. The van der Waals surface area contributed by atoms with Gasteiger partial charge in [0.25, 0.3) is 0 Å². The van der Waals surface area contributed by atoms with Gasteiger partial charge in [-0.15, -0.1) is 0 Å². The molecule has 0 saturated heterocycles. The van der Waals surface area contributed by atoms with E-state index in [1.165, 1.54) is 12.1 Å². The largest absolute Gasteiger partial charge is 0.488 e. The molecule has 6 aromatic carbocycles. The maximum atomic E-state index is 13.8. The number of hydrogen-bond donors (Lipinski definition) is 2. The minimum absolute atomic E-state index is 0.268. The second-order valence-electron chi connectivity index (χ2n) is 10.2. The van der Waals surface area contributed by atoms with Crippen LogP contribution in [0.4, 0.5) is 21.5 Å². The first-order valence-corrected chi connectivity index (χ1v) is 13.8. The SMILES string of the molecule is OB(O)c1ccc(N(c2ccc(-c3ccccc3)cc2)c2ccc3c(c2)c2ccccc2n3-c2ccc(F)cc2)cc1. The Hall–Kier alpha value is -5.17. The normalized spacial score (nSPS) is 11.2. The van der Waals surface area contributed by atoms with Crippen LogP contribution in [-0.4, -0.2) is 21.7 Å². The molecule has 6 heteroatoms. The maximum Gasteiger partial charge on any atom is 0.488 e. The van der Waals surface area contributed by atoms with Gasteiger partial charge >= 0.3 is 7.12 Å². The van der Waals surface area contributed by atoms with Gasteiger partial charge in [-0.05, 0) is 89.4 Å². The molecule has 42 heavy (non-hydrogen) atoms. The van der Waals surface area contributed by atoms with E-state index in [4.69, 9.17) is 0 Å². The van der Waals surface area contributed by atoms with Gasteiger partial charge < -0.3 is 19.5 Å². The highest BCUT2D eigenvalue weighted by molar-refractivity contribution is 6.58. The topological polar surface area (TPSA) is 48.6 Å². The summed E-state index contributed by atoms with van der Waals surface area (Å²) in [6.07, 6.45) is 0. The van der Waals surface area contributed by atoms with Gasteiger partial charge in [0.1, 0.15) is 5.82 Å². The molecule has 0 radical (unpaired) electrons. The summed E-state index contributed by atoms with van der Waals surface area (Å²) in [5, 5.41) is 21.5. The molecule has 0 spiro atoms. The van der Waals surface area contributed by atoms with E-state index >= 15 is 0 Å². The molecule has 4 nitrogen and oxygen atoms in total. The first-order valence-electron chi connectivity index (χ1n) is 13.8. The van der Waals surface area contributed by atoms with E-state index in [-0.39, 0.29) is 5.82 Å². The van der Waals surface area contributed by atoms with E-state index in [0.717, 1.165) is 55.7 Å². The van der Waals surface area contributed by atoms with Crippen molar-refractivity contribution in [1.82, 2.24) is 4.57 Å². The molecule has 0 atom stereocenters. The minimum atomic E-state index is -1.54. The summed E-state index contributed by atoms with van der Waals surface area (Å²) in [4.78, 5) is 2.16. The number of rotatable bonds is 6. The number of hydrogen-bond acceptors (Lipinski definition) is 3. The van der Waals surface area contributed by atoms with Gasteiger partial charge in [-0.3, -0.25) is 0 Å². The van der Waals surface area contributed by atoms with Crippen LogP contribution in [0.15, 0.2) is 146 Å². The summed E-state index contributed by atoms with van der Waals surface area (Å²) in [5.41, 5.74) is 8.44. The van der Waals surface area contributed by atoms with Gasteiger partial charge in [0.2, 0.25) is 0 Å². The van der Waals surface area contributed by atoms with E-state index in [1.807, 2.05) is 42.5 Å². The highest BCUT2D eigenvalue weighted by Crippen LogP contribution is 2.40. The number of fused-ring (bicyclic) bond motifs is 3. The molecular weight excluding hydrogens is 522 g/mol. The van der Waals surface area contributed by atoms with Crippen LogP contribution in [0.1, 0.15) is 0 Å². The standard InChI is InChI=1S/C36H26BFN2O2/c38-28-14-20-31(21-15-28)40-35-9-5-4-8-33(35)34-24-32(22-23-36(34)40)39(30-18-12-27(13-19-30)37(41)42)29-16-10-26(11-17-29)25-6-2-1-3-7-25/h1-24,41-42H. The Bertz CT molecular complexity index is 2000. The predicted molar refractivity (Wildman–Crippen MR) is 171 cm³/mol. The van der Waals surface area contributed by atoms with Gasteiger partial charge in [-0.1, -0.05) is 72.8 Å². The van der Waals surface area contributed by atoms with Crippen molar-refractivity contribution in [2.75, 3.05) is 4.90 Å². The fraction of sp³-hybridized carbons (Fsp3) is 0. The lowest BCUT2D eigenvalue weighted by molar-refractivity contribution is 0.426. The van der Waals surface area contributed by atoms with Gasteiger partial charge in [-0.25, -0.2) is 4.39 Å². The Kier molecular flexibility index (Phi) is 6.55. The zero-order chi connectivity index (χ0) is 28.6. The monoisotopic (exact) mass is 548 g/mol. The molecule has 0 aliphatic carbocycles. The molecule has 7 aromatic rings. The Morgan fingerprint density at radius 2 is 1.10 bits per heavy atom. The molecule has 1 aromatic heterocycles. The van der Waals surface area contributed by atoms with Gasteiger partial charge in [0, 0.05) is 33.5 Å². The van der Waals surface area contributed by atoms with Crippen molar-refractivity contribution in [2.45, 2.75) is 0 Å². The number of benzene rings is 6.